The minimum atomic E-state index is -0.464. The molecule has 0 radical (unpaired) electrons. The number of amides is 1. The van der Waals surface area contributed by atoms with Crippen LogP contribution in [0, 0.1) is 19.7 Å². The quantitative estimate of drug-likeness (QED) is 0.842. The zero-order chi connectivity index (χ0) is 17.0. The van der Waals surface area contributed by atoms with Gasteiger partial charge in [-0.3, -0.25) is 9.48 Å². The monoisotopic (exact) mass is 321 g/mol. The van der Waals surface area contributed by atoms with Gasteiger partial charge in [0, 0.05) is 19.2 Å². The third-order valence-corrected chi connectivity index (χ3v) is 3.56. The average molecular weight is 321 g/mol. The number of nitrogens with one attached hydrogen (secondary N) is 1. The molecule has 0 atom stereocenters. The highest BCUT2D eigenvalue weighted by atomic mass is 19.1. The van der Waals surface area contributed by atoms with Crippen LogP contribution in [0.2, 0.25) is 0 Å². The number of carbonyl (C=O) groups is 1. The molecule has 0 aliphatic heterocycles. The molecule has 124 valence electrons. The van der Waals surface area contributed by atoms with E-state index >= 15 is 0 Å². The van der Waals surface area contributed by atoms with Gasteiger partial charge in [-0.1, -0.05) is 6.07 Å². The molecule has 2 aromatic rings. The number of benzene rings is 1. The van der Waals surface area contributed by atoms with Gasteiger partial charge in [0.05, 0.1) is 12.3 Å². The molecule has 2 N–H and O–H groups in total. The van der Waals surface area contributed by atoms with Crippen LogP contribution in [0.5, 0.6) is 5.75 Å². The molecule has 0 saturated carbocycles. The molecule has 0 aliphatic rings. The van der Waals surface area contributed by atoms with Gasteiger partial charge in [0.25, 0.3) is 5.91 Å². The number of aliphatic hydroxyl groups is 1. The lowest BCUT2D eigenvalue weighted by Crippen LogP contribution is -2.28. The SMILES string of the molecule is Cc1nn(C)c(C)c1OCC(=O)NCc1ccc(F)c(CO)c1. The summed E-state index contributed by atoms with van der Waals surface area (Å²) < 4.78 is 20.5. The first-order chi connectivity index (χ1) is 10.9. The van der Waals surface area contributed by atoms with Crippen LogP contribution < -0.4 is 10.1 Å². The zero-order valence-electron chi connectivity index (χ0n) is 13.4. The van der Waals surface area contributed by atoms with Crippen molar-refractivity contribution in [2.45, 2.75) is 27.0 Å². The second kappa shape index (κ2) is 7.23. The number of aryl methyl sites for hydroxylation is 2. The summed E-state index contributed by atoms with van der Waals surface area (Å²) in [7, 11) is 1.81. The van der Waals surface area contributed by atoms with Crippen molar-refractivity contribution < 1.29 is 19.0 Å². The Bertz CT molecular complexity index is 713. The number of carbonyl (C=O) groups excluding carboxylic acids is 1. The number of aliphatic hydroxyl groups excluding tert-OH is 1. The maximum atomic E-state index is 13.3. The molecular formula is C16H20FN3O3. The molecule has 1 amide bonds. The molecule has 0 spiro atoms. The van der Waals surface area contributed by atoms with Gasteiger partial charge in [0.1, 0.15) is 11.5 Å². The Balaban J connectivity index is 1.88. The van der Waals surface area contributed by atoms with E-state index < -0.39 is 5.82 Å². The van der Waals surface area contributed by atoms with Gasteiger partial charge >= 0.3 is 0 Å². The molecule has 0 saturated heterocycles. The Kier molecular flexibility index (Phi) is 5.33. The summed E-state index contributed by atoms with van der Waals surface area (Å²) in [5.41, 5.74) is 2.48. The molecule has 1 aromatic heterocycles. The zero-order valence-corrected chi connectivity index (χ0v) is 13.4. The minimum absolute atomic E-state index is 0.124. The van der Waals surface area contributed by atoms with Crippen LogP contribution in [0.1, 0.15) is 22.5 Å². The van der Waals surface area contributed by atoms with E-state index in [1.54, 1.807) is 10.7 Å². The molecule has 6 nitrogen and oxygen atoms in total. The van der Waals surface area contributed by atoms with Crippen LogP contribution in [0.25, 0.3) is 0 Å². The molecule has 1 aromatic carbocycles. The topological polar surface area (TPSA) is 76.4 Å². The predicted octanol–water partition coefficient (Wildman–Crippen LogP) is 1.36. The fourth-order valence-corrected chi connectivity index (χ4v) is 2.21. The van der Waals surface area contributed by atoms with E-state index in [-0.39, 0.29) is 31.2 Å². The first kappa shape index (κ1) is 17.0. The van der Waals surface area contributed by atoms with Gasteiger partial charge < -0.3 is 15.2 Å². The number of hydrogen-bond acceptors (Lipinski definition) is 4. The van der Waals surface area contributed by atoms with E-state index in [1.807, 2.05) is 20.9 Å². The fraction of sp³-hybridized carbons (Fsp3) is 0.375. The maximum absolute atomic E-state index is 13.3. The van der Waals surface area contributed by atoms with Crippen LogP contribution in [-0.2, 0) is 25.0 Å². The molecule has 23 heavy (non-hydrogen) atoms. The molecule has 0 unspecified atom stereocenters. The maximum Gasteiger partial charge on any atom is 0.258 e. The van der Waals surface area contributed by atoms with Gasteiger partial charge in [-0.15, -0.1) is 0 Å². The highest BCUT2D eigenvalue weighted by Gasteiger charge is 2.12. The summed E-state index contributed by atoms with van der Waals surface area (Å²) in [5, 5.41) is 15.9. The molecule has 0 bridgehead atoms. The molecule has 1 heterocycles. The highest BCUT2D eigenvalue weighted by Crippen LogP contribution is 2.21. The number of aromatic nitrogens is 2. The number of ether oxygens (including phenoxy) is 1. The third-order valence-electron chi connectivity index (χ3n) is 3.56. The van der Waals surface area contributed by atoms with Crippen molar-refractivity contribution in [2.24, 2.45) is 7.05 Å². The Morgan fingerprint density at radius 1 is 1.43 bits per heavy atom. The van der Waals surface area contributed by atoms with Crippen LogP contribution in [0.15, 0.2) is 18.2 Å². The summed E-state index contributed by atoms with van der Waals surface area (Å²) in [4.78, 5) is 11.9. The standard InChI is InChI=1S/C16H20FN3O3/c1-10-16(11(2)20(3)19-10)23-9-15(22)18-7-12-4-5-14(17)13(6-12)8-21/h4-6,21H,7-9H2,1-3H3,(H,18,22). The Morgan fingerprint density at radius 2 is 2.17 bits per heavy atom. The van der Waals surface area contributed by atoms with Crippen molar-refractivity contribution in [3.05, 3.63) is 46.5 Å². The fourth-order valence-electron chi connectivity index (χ4n) is 2.21. The largest absolute Gasteiger partial charge is 0.480 e. The Morgan fingerprint density at radius 3 is 2.78 bits per heavy atom. The third kappa shape index (κ3) is 4.07. The van der Waals surface area contributed by atoms with Crippen molar-refractivity contribution >= 4 is 5.91 Å². The Hall–Kier alpha value is -2.41. The van der Waals surface area contributed by atoms with Crippen molar-refractivity contribution in [1.29, 1.82) is 0 Å². The van der Waals surface area contributed by atoms with Crippen LogP contribution in [0.4, 0.5) is 4.39 Å². The van der Waals surface area contributed by atoms with Crippen molar-refractivity contribution in [3.8, 4) is 5.75 Å². The number of halogens is 1. The second-order valence-electron chi connectivity index (χ2n) is 5.27. The number of nitrogens with zero attached hydrogens (tertiary/aromatic N) is 2. The van der Waals surface area contributed by atoms with Gasteiger partial charge in [-0.2, -0.15) is 5.10 Å². The van der Waals surface area contributed by atoms with Crippen molar-refractivity contribution in [1.82, 2.24) is 15.1 Å². The van der Waals surface area contributed by atoms with Gasteiger partial charge in [-0.05, 0) is 31.5 Å². The number of rotatable bonds is 6. The van der Waals surface area contributed by atoms with Gasteiger partial charge in [0.15, 0.2) is 12.4 Å². The van der Waals surface area contributed by atoms with Crippen LogP contribution in [-0.4, -0.2) is 27.4 Å². The molecule has 7 heteroatoms. The van der Waals surface area contributed by atoms with E-state index in [2.05, 4.69) is 10.4 Å². The van der Waals surface area contributed by atoms with E-state index in [1.165, 1.54) is 12.1 Å². The molecule has 0 aliphatic carbocycles. The number of hydrogen-bond donors (Lipinski definition) is 2. The summed E-state index contributed by atoms with van der Waals surface area (Å²) in [6.07, 6.45) is 0. The second-order valence-corrected chi connectivity index (χ2v) is 5.27. The first-order valence-electron chi connectivity index (χ1n) is 7.20. The lowest BCUT2D eigenvalue weighted by molar-refractivity contribution is -0.123. The van der Waals surface area contributed by atoms with Crippen LogP contribution in [0.3, 0.4) is 0 Å². The van der Waals surface area contributed by atoms with Crippen LogP contribution >= 0.6 is 0 Å². The summed E-state index contributed by atoms with van der Waals surface area (Å²) in [6, 6.07) is 4.35. The lowest BCUT2D eigenvalue weighted by Gasteiger charge is -2.09. The molecule has 2 rings (SSSR count). The van der Waals surface area contributed by atoms with E-state index in [9.17, 15) is 9.18 Å². The average Bonchev–Trinajstić information content (AvgIpc) is 2.77. The summed E-state index contributed by atoms with van der Waals surface area (Å²) in [5.74, 6) is -0.150. The Labute approximate surface area is 133 Å². The first-order valence-corrected chi connectivity index (χ1v) is 7.20. The van der Waals surface area contributed by atoms with E-state index in [0.717, 1.165) is 11.4 Å². The smallest absolute Gasteiger partial charge is 0.258 e. The van der Waals surface area contributed by atoms with Gasteiger partial charge in [-0.25, -0.2) is 4.39 Å². The van der Waals surface area contributed by atoms with Crippen molar-refractivity contribution in [2.75, 3.05) is 6.61 Å². The highest BCUT2D eigenvalue weighted by molar-refractivity contribution is 5.77. The minimum Gasteiger partial charge on any atom is -0.480 e. The van der Waals surface area contributed by atoms with Gasteiger partial charge in [0.2, 0.25) is 0 Å². The molecular weight excluding hydrogens is 301 g/mol. The van der Waals surface area contributed by atoms with Crippen molar-refractivity contribution in [3.63, 3.8) is 0 Å². The van der Waals surface area contributed by atoms with E-state index in [0.29, 0.717) is 11.3 Å². The lowest BCUT2D eigenvalue weighted by atomic mass is 10.1. The summed E-state index contributed by atoms with van der Waals surface area (Å²) >= 11 is 0. The predicted molar refractivity (Wildman–Crippen MR) is 82.3 cm³/mol. The summed E-state index contributed by atoms with van der Waals surface area (Å²) in [6.45, 7) is 3.41. The normalized spacial score (nSPS) is 10.7. The van der Waals surface area contributed by atoms with E-state index in [4.69, 9.17) is 9.84 Å². The molecule has 0 fully saturated rings.